The molecule has 2 aliphatic heterocycles. The van der Waals surface area contributed by atoms with E-state index >= 15 is 0 Å². The number of hydrogen-bond donors (Lipinski definition) is 0. The molecular weight excluding hydrogens is 301 g/mol. The molecule has 0 spiro atoms. The fraction of sp³-hybridized carbons (Fsp3) is 1.00. The Kier molecular flexibility index (Phi) is 8.60. The third-order valence-corrected chi connectivity index (χ3v) is 6.00. The molecule has 0 aromatic heterocycles. The number of nitrogens with zero attached hydrogens (tertiary/aromatic N) is 2. The van der Waals surface area contributed by atoms with Crippen molar-refractivity contribution >= 4 is 23.1 Å². The number of piperidine rings is 2. The van der Waals surface area contributed by atoms with Crippen molar-refractivity contribution in [3.8, 4) is 0 Å². The average Bonchev–Trinajstić information content (AvgIpc) is 2.57. The van der Waals surface area contributed by atoms with E-state index in [1.54, 1.807) is 0 Å². The van der Waals surface area contributed by atoms with Gasteiger partial charge in [0.05, 0.1) is 0 Å². The van der Waals surface area contributed by atoms with Crippen LogP contribution in [0.15, 0.2) is 0 Å². The van der Waals surface area contributed by atoms with Crippen LogP contribution in [0.5, 0.6) is 0 Å². The van der Waals surface area contributed by atoms with E-state index in [4.69, 9.17) is 0 Å². The van der Waals surface area contributed by atoms with Crippen molar-refractivity contribution in [1.82, 2.24) is 0 Å². The van der Waals surface area contributed by atoms with Gasteiger partial charge in [0.15, 0.2) is 0 Å². The Morgan fingerprint density at radius 3 is 1.35 bits per heavy atom. The largest absolute Gasteiger partial charge is 2.00 e. The van der Waals surface area contributed by atoms with Crippen molar-refractivity contribution in [2.75, 3.05) is 13.1 Å². The zero-order chi connectivity index (χ0) is 15.4. The van der Waals surface area contributed by atoms with Crippen LogP contribution in [0.4, 0.5) is 0 Å². The first-order valence-corrected chi connectivity index (χ1v) is 9.40. The molecule has 0 aromatic carbocycles. The van der Waals surface area contributed by atoms with Gasteiger partial charge in [-0.2, -0.15) is 0 Å². The van der Waals surface area contributed by atoms with Gasteiger partial charge < -0.3 is 20.8 Å². The van der Waals surface area contributed by atoms with Crippen molar-refractivity contribution < 1.29 is 10.2 Å². The minimum absolute atomic E-state index is 0. The number of fused-ring (bicyclic) bond motifs is 2. The molecule has 2 heterocycles. The molecule has 2 aliphatic carbocycles. The van der Waals surface area contributed by atoms with Crippen LogP contribution in [0.25, 0.3) is 10.6 Å². The van der Waals surface area contributed by atoms with Crippen LogP contribution in [0, 0.1) is 11.8 Å². The molecule has 0 aromatic rings. The van der Waals surface area contributed by atoms with Gasteiger partial charge in [-0.05, 0) is 0 Å². The van der Waals surface area contributed by atoms with Gasteiger partial charge in [-0.25, -0.2) is 0 Å². The Bertz CT molecular complexity index is 309. The smallest absolute Gasteiger partial charge is 0.853 e. The van der Waals surface area contributed by atoms with Gasteiger partial charge in [0.2, 0.25) is 0 Å². The maximum Gasteiger partial charge on any atom is 2.00 e. The summed E-state index contributed by atoms with van der Waals surface area (Å²) in [5, 5.41) is 31.7. The van der Waals surface area contributed by atoms with Crippen molar-refractivity contribution in [2.45, 2.75) is 88.5 Å². The first-order valence-electron chi connectivity index (χ1n) is 9.40. The average molecular weight is 331 g/mol. The topological polar surface area (TPSA) is 74.3 Å². The van der Waals surface area contributed by atoms with Gasteiger partial charge in [0, 0.05) is 0 Å². The van der Waals surface area contributed by atoms with Crippen LogP contribution in [-0.4, -0.2) is 60.4 Å². The Labute approximate surface area is 157 Å². The van der Waals surface area contributed by atoms with E-state index in [1.807, 2.05) is 0 Å². The van der Waals surface area contributed by atoms with Gasteiger partial charge >= 0.3 is 23.1 Å². The number of hydrogen-bond acceptors (Lipinski definition) is 2. The van der Waals surface area contributed by atoms with Gasteiger partial charge in [-0.1, -0.05) is 76.0 Å². The summed E-state index contributed by atoms with van der Waals surface area (Å²) >= 11 is 0. The molecule has 5 heteroatoms. The summed E-state index contributed by atoms with van der Waals surface area (Å²) in [6.07, 6.45) is 10.7. The molecule has 0 radical (unpaired) electrons. The van der Waals surface area contributed by atoms with Crippen LogP contribution < -0.4 is 10.2 Å². The molecule has 4 fully saturated rings. The second kappa shape index (κ2) is 9.93. The summed E-state index contributed by atoms with van der Waals surface area (Å²) < 4.78 is 0. The summed E-state index contributed by atoms with van der Waals surface area (Å²) in [7, 11) is 0. The zero-order valence-electron chi connectivity index (χ0n) is 14.4. The molecule has 0 amide bonds. The van der Waals surface area contributed by atoms with E-state index in [0.717, 1.165) is 38.8 Å². The third-order valence-electron chi connectivity index (χ3n) is 6.00. The molecule has 0 N–H and O–H groups in total. The van der Waals surface area contributed by atoms with Gasteiger partial charge in [0.25, 0.3) is 0 Å². The third kappa shape index (κ3) is 5.29. The molecule has 128 valence electrons. The van der Waals surface area contributed by atoms with Crippen molar-refractivity contribution in [2.24, 2.45) is 11.8 Å². The Balaban J connectivity index is 0.000000160. The molecular formula is C18H30MgN2O2-2. The minimum atomic E-state index is -0.367. The van der Waals surface area contributed by atoms with E-state index in [9.17, 15) is 10.2 Å². The molecule has 6 unspecified atom stereocenters. The van der Waals surface area contributed by atoms with Gasteiger partial charge in [-0.15, -0.1) is 37.4 Å². The van der Waals surface area contributed by atoms with Crippen LogP contribution >= 0.6 is 0 Å². The Hall–Kier alpha value is 0.606. The van der Waals surface area contributed by atoms with Crippen molar-refractivity contribution in [3.63, 3.8) is 0 Å². The van der Waals surface area contributed by atoms with E-state index in [-0.39, 0.29) is 47.3 Å². The minimum Gasteiger partial charge on any atom is -0.853 e. The molecule has 4 aliphatic rings. The van der Waals surface area contributed by atoms with Crippen LogP contribution in [-0.2, 0) is 0 Å². The van der Waals surface area contributed by atoms with E-state index < -0.39 is 0 Å². The van der Waals surface area contributed by atoms with Crippen molar-refractivity contribution in [3.05, 3.63) is 10.6 Å². The van der Waals surface area contributed by atoms with E-state index in [0.29, 0.717) is 11.8 Å². The summed E-state index contributed by atoms with van der Waals surface area (Å²) in [5.41, 5.74) is 0. The molecule has 2 saturated carbocycles. The Morgan fingerprint density at radius 2 is 0.957 bits per heavy atom. The standard InChI is InChI=1S/2C9H15NO.Mg/c2*11-8-5-1-3-7-4-2-6-10-9(7)8;/h2*7-9H,1-6H2;/q2*-2;+2. The fourth-order valence-corrected chi connectivity index (χ4v) is 4.80. The predicted octanol–water partition coefficient (Wildman–Crippen LogP) is 1.72. The predicted molar refractivity (Wildman–Crippen MR) is 90.5 cm³/mol. The molecule has 4 nitrogen and oxygen atoms in total. The molecule has 0 bridgehead atoms. The van der Waals surface area contributed by atoms with E-state index in [1.165, 1.54) is 38.5 Å². The molecule has 23 heavy (non-hydrogen) atoms. The molecule has 4 rings (SSSR count). The van der Waals surface area contributed by atoms with Gasteiger partial charge in [0.1, 0.15) is 0 Å². The summed E-state index contributed by atoms with van der Waals surface area (Å²) in [4.78, 5) is 0. The molecule has 6 atom stereocenters. The van der Waals surface area contributed by atoms with Crippen LogP contribution in [0.2, 0.25) is 0 Å². The number of rotatable bonds is 0. The quantitative estimate of drug-likeness (QED) is 0.634. The van der Waals surface area contributed by atoms with Crippen molar-refractivity contribution in [1.29, 1.82) is 0 Å². The van der Waals surface area contributed by atoms with Gasteiger partial charge in [-0.3, -0.25) is 0 Å². The first-order chi connectivity index (χ1) is 10.8. The maximum absolute atomic E-state index is 11.4. The molecule has 2 saturated heterocycles. The van der Waals surface area contributed by atoms with Crippen LogP contribution in [0.1, 0.15) is 64.2 Å². The SMILES string of the molecule is [Mg+2].[O-]C1CCCC2CCC[N-]C12.[O-]C1CCCC2CCC[N-]C12. The van der Waals surface area contributed by atoms with E-state index in [2.05, 4.69) is 10.6 Å². The normalized spacial score (nSPS) is 43.0. The Morgan fingerprint density at radius 1 is 0.565 bits per heavy atom. The summed E-state index contributed by atoms with van der Waals surface area (Å²) in [6.45, 7) is 1.89. The first kappa shape index (κ1) is 19.9. The monoisotopic (exact) mass is 330 g/mol. The summed E-state index contributed by atoms with van der Waals surface area (Å²) in [6, 6.07) is 0.384. The second-order valence-electron chi connectivity index (χ2n) is 7.54. The fourth-order valence-electron chi connectivity index (χ4n) is 4.80. The summed E-state index contributed by atoms with van der Waals surface area (Å²) in [5.74, 6) is 1.31. The maximum atomic E-state index is 11.4. The van der Waals surface area contributed by atoms with Crippen LogP contribution in [0.3, 0.4) is 0 Å². The second-order valence-corrected chi connectivity index (χ2v) is 7.54. The zero-order valence-corrected chi connectivity index (χ0v) is 15.8.